The highest BCUT2D eigenvalue weighted by molar-refractivity contribution is 7.99. The summed E-state index contributed by atoms with van der Waals surface area (Å²) in [7, 11) is -1.98. The Bertz CT molecular complexity index is 1820. The van der Waals surface area contributed by atoms with Crippen LogP contribution in [0.15, 0.2) is 83.8 Å². The third-order valence-corrected chi connectivity index (χ3v) is 15.7. The Morgan fingerprint density at radius 3 is 2.00 bits per heavy atom. The maximum atomic E-state index is 13.9. The first-order valence-electron chi connectivity index (χ1n) is 15.4. The summed E-state index contributed by atoms with van der Waals surface area (Å²) in [5.74, 6) is -2.92. The predicted molar refractivity (Wildman–Crippen MR) is 190 cm³/mol. The Morgan fingerprint density at radius 1 is 0.804 bits per heavy atom. The van der Waals surface area contributed by atoms with Gasteiger partial charge in [0.2, 0.25) is 8.32 Å². The van der Waals surface area contributed by atoms with Gasteiger partial charge in [-0.3, -0.25) is 0 Å². The van der Waals surface area contributed by atoms with Crippen LogP contribution in [0.3, 0.4) is 0 Å². The van der Waals surface area contributed by atoms with E-state index in [1.54, 1.807) is 23.1 Å². The van der Waals surface area contributed by atoms with E-state index in [0.29, 0.717) is 17.5 Å². The molecule has 2 nitrogen and oxygen atoms in total. The van der Waals surface area contributed by atoms with Crippen LogP contribution in [-0.4, -0.2) is 13.3 Å². The van der Waals surface area contributed by atoms with Gasteiger partial charge in [-0.25, -0.2) is 18.2 Å². The number of halogens is 3. The fourth-order valence-electron chi connectivity index (χ4n) is 4.89. The van der Waals surface area contributed by atoms with E-state index in [1.807, 2.05) is 24.3 Å². The molecule has 0 N–H and O–H groups in total. The molecule has 0 fully saturated rings. The molecular formula is C38H40F3NOS2Si. The van der Waals surface area contributed by atoms with Gasteiger partial charge in [-0.15, -0.1) is 23.1 Å². The minimum atomic E-state index is -1.98. The molecule has 0 amide bonds. The number of aryl methyl sites for hydroxylation is 3. The first-order chi connectivity index (χ1) is 21.6. The quantitative estimate of drug-likeness (QED) is 0.0882. The number of rotatable bonds is 9. The molecule has 5 aromatic rings. The lowest BCUT2D eigenvalue weighted by Crippen LogP contribution is -2.44. The van der Waals surface area contributed by atoms with Crippen LogP contribution in [0, 0.1) is 38.2 Å². The van der Waals surface area contributed by atoms with E-state index in [0.717, 1.165) is 50.2 Å². The van der Waals surface area contributed by atoms with Crippen LogP contribution in [0.1, 0.15) is 53.3 Å². The number of benzene rings is 4. The van der Waals surface area contributed by atoms with E-state index < -0.39 is 25.8 Å². The van der Waals surface area contributed by atoms with E-state index in [4.69, 9.17) is 9.41 Å². The topological polar surface area (TPSA) is 22.1 Å². The second kappa shape index (κ2) is 13.4. The van der Waals surface area contributed by atoms with E-state index in [9.17, 15) is 13.2 Å². The number of aromatic nitrogens is 1. The highest BCUT2D eigenvalue weighted by Crippen LogP contribution is 2.45. The second-order valence-electron chi connectivity index (χ2n) is 13.4. The molecule has 0 bridgehead atoms. The van der Waals surface area contributed by atoms with Crippen LogP contribution in [0.4, 0.5) is 13.2 Å². The smallest absolute Gasteiger partial charge is 0.250 e. The highest BCUT2D eigenvalue weighted by atomic mass is 32.2. The lowest BCUT2D eigenvalue weighted by Gasteiger charge is -2.37. The SMILES string of the molecule is Cc1ccc(-c2nc(C)c(C(Cc3ccc(-c4cc(F)c(F)c(F)c4)cc3)Sc3ccc(O[Si](C)(C)C(C)(C)C)c(C)c3)s2)cc1. The van der Waals surface area contributed by atoms with Crippen molar-refractivity contribution in [2.45, 2.75) is 76.2 Å². The Hall–Kier alpha value is -3.33. The Labute approximate surface area is 280 Å². The van der Waals surface area contributed by atoms with E-state index in [-0.39, 0.29) is 10.3 Å². The van der Waals surface area contributed by atoms with Crippen LogP contribution in [-0.2, 0) is 6.42 Å². The second-order valence-corrected chi connectivity index (χ2v) is 20.4. The molecule has 8 heteroatoms. The zero-order valence-electron chi connectivity index (χ0n) is 27.6. The zero-order chi connectivity index (χ0) is 33.4. The standard InChI is InChI=1S/C38H40F3NOS2Si/c1-23-9-13-28(14-10-23)37-42-25(3)36(45-37)34(44-30-17-18-33(24(2)19-30)43-46(7,8)38(4,5)6)20-26-11-15-27(16-12-26)29-21-31(39)35(41)32(40)22-29/h9-19,21-22,34H,20H2,1-8H3. The molecule has 240 valence electrons. The molecule has 4 aromatic carbocycles. The molecule has 0 radical (unpaired) electrons. The van der Waals surface area contributed by atoms with Crippen molar-refractivity contribution in [3.8, 4) is 27.4 Å². The molecular weight excluding hydrogens is 636 g/mol. The van der Waals surface area contributed by atoms with Gasteiger partial charge < -0.3 is 4.43 Å². The average Bonchev–Trinajstić information content (AvgIpc) is 3.38. The fraction of sp³-hybridized carbons (Fsp3) is 0.289. The van der Waals surface area contributed by atoms with Gasteiger partial charge in [-0.1, -0.05) is 74.9 Å². The van der Waals surface area contributed by atoms with Gasteiger partial charge in [0.15, 0.2) is 17.5 Å². The number of thioether (sulfide) groups is 1. The maximum absolute atomic E-state index is 13.9. The number of hydrogen-bond donors (Lipinski definition) is 0. The van der Waals surface area contributed by atoms with Crippen molar-refractivity contribution < 1.29 is 17.6 Å². The Kier molecular flexibility index (Phi) is 9.92. The van der Waals surface area contributed by atoms with Crippen LogP contribution < -0.4 is 4.43 Å². The summed E-state index contributed by atoms with van der Waals surface area (Å²) in [6, 6.07) is 24.6. The molecule has 0 saturated carbocycles. The predicted octanol–water partition coefficient (Wildman–Crippen LogP) is 12.3. The van der Waals surface area contributed by atoms with Crippen molar-refractivity contribution >= 4 is 31.4 Å². The third kappa shape index (κ3) is 7.62. The molecule has 5 rings (SSSR count). The summed E-state index contributed by atoms with van der Waals surface area (Å²) < 4.78 is 48.0. The number of hydrogen-bond acceptors (Lipinski definition) is 4. The lowest BCUT2D eigenvalue weighted by atomic mass is 10.0. The molecule has 0 aliphatic rings. The summed E-state index contributed by atoms with van der Waals surface area (Å²) >= 11 is 3.52. The number of nitrogens with zero attached hydrogens (tertiary/aromatic N) is 1. The largest absolute Gasteiger partial charge is 0.543 e. The summed E-state index contributed by atoms with van der Waals surface area (Å²) in [6.45, 7) is 17.5. The van der Waals surface area contributed by atoms with Crippen LogP contribution >= 0.6 is 23.1 Å². The molecule has 0 spiro atoms. The van der Waals surface area contributed by atoms with Crippen LogP contribution in [0.25, 0.3) is 21.7 Å². The van der Waals surface area contributed by atoms with Crippen molar-refractivity contribution in [3.05, 3.63) is 124 Å². The van der Waals surface area contributed by atoms with Crippen molar-refractivity contribution in [2.24, 2.45) is 0 Å². The van der Waals surface area contributed by atoms with E-state index in [1.165, 1.54) is 10.4 Å². The van der Waals surface area contributed by atoms with Crippen molar-refractivity contribution in [2.75, 3.05) is 0 Å². The maximum Gasteiger partial charge on any atom is 0.250 e. The van der Waals surface area contributed by atoms with Gasteiger partial charge in [-0.05, 0) is 97.9 Å². The van der Waals surface area contributed by atoms with Gasteiger partial charge in [0, 0.05) is 20.6 Å². The van der Waals surface area contributed by atoms with Crippen molar-refractivity contribution in [3.63, 3.8) is 0 Å². The summed E-state index contributed by atoms with van der Waals surface area (Å²) in [5, 5.41) is 1.16. The minimum absolute atomic E-state index is 0.0646. The molecule has 0 aliphatic carbocycles. The fourth-order valence-corrected chi connectivity index (χ4v) is 8.59. The Morgan fingerprint density at radius 2 is 1.41 bits per heavy atom. The molecule has 1 atom stereocenters. The monoisotopic (exact) mass is 675 g/mol. The van der Waals surface area contributed by atoms with Crippen molar-refractivity contribution in [1.29, 1.82) is 0 Å². The van der Waals surface area contributed by atoms with Gasteiger partial charge in [0.25, 0.3) is 0 Å². The minimum Gasteiger partial charge on any atom is -0.543 e. The van der Waals surface area contributed by atoms with E-state index >= 15 is 0 Å². The van der Waals surface area contributed by atoms with Crippen LogP contribution in [0.2, 0.25) is 18.1 Å². The zero-order valence-corrected chi connectivity index (χ0v) is 30.2. The number of thiazole rings is 1. The summed E-state index contributed by atoms with van der Waals surface area (Å²) in [5.41, 5.74) is 6.40. The third-order valence-electron chi connectivity index (χ3n) is 8.71. The van der Waals surface area contributed by atoms with Gasteiger partial charge in [0.1, 0.15) is 10.8 Å². The van der Waals surface area contributed by atoms with Gasteiger partial charge in [-0.2, -0.15) is 0 Å². The van der Waals surface area contributed by atoms with Gasteiger partial charge >= 0.3 is 0 Å². The normalized spacial score (nSPS) is 12.8. The molecule has 0 saturated heterocycles. The molecule has 46 heavy (non-hydrogen) atoms. The molecule has 1 aromatic heterocycles. The first kappa shape index (κ1) is 34.0. The Balaban J connectivity index is 1.46. The molecule has 0 aliphatic heterocycles. The lowest BCUT2D eigenvalue weighted by molar-refractivity contribution is 0.448. The molecule has 1 unspecified atom stereocenters. The van der Waals surface area contributed by atoms with Gasteiger partial charge in [0.05, 0.1) is 5.69 Å². The first-order valence-corrected chi connectivity index (χ1v) is 20.0. The van der Waals surface area contributed by atoms with Crippen molar-refractivity contribution in [1.82, 2.24) is 4.98 Å². The molecule has 1 heterocycles. The summed E-state index contributed by atoms with van der Waals surface area (Å²) in [4.78, 5) is 7.32. The summed E-state index contributed by atoms with van der Waals surface area (Å²) in [6.07, 6.45) is 0.717. The van der Waals surface area contributed by atoms with E-state index in [2.05, 4.69) is 97.1 Å². The van der Waals surface area contributed by atoms with Crippen LogP contribution in [0.5, 0.6) is 5.75 Å². The highest BCUT2D eigenvalue weighted by Gasteiger charge is 2.39. The average molecular weight is 676 g/mol.